The number of likely N-dealkylation sites (N-methyl/N-ethyl adjacent to an activating group) is 1. The van der Waals surface area contributed by atoms with Crippen molar-refractivity contribution in [1.82, 2.24) is 14.2 Å². The van der Waals surface area contributed by atoms with Crippen molar-refractivity contribution in [3.05, 3.63) is 46.0 Å². The van der Waals surface area contributed by atoms with E-state index < -0.39 is 10.0 Å². The molecule has 6 nitrogen and oxygen atoms in total. The van der Waals surface area contributed by atoms with Gasteiger partial charge in [-0.2, -0.15) is 4.31 Å². The standard InChI is InChI=1S/C16H17BrClN3O3S/c1-20-6-8-21(9-7-20)25(22,23)13-3-5-16(19-11-13)24-15-4-2-12(17)10-14(15)18/h2-5,10-11H,6-9H2,1H3. The third-order valence-electron chi connectivity index (χ3n) is 3.92. The van der Waals surface area contributed by atoms with E-state index in [1.165, 1.54) is 22.6 Å². The number of aromatic nitrogens is 1. The van der Waals surface area contributed by atoms with Crippen molar-refractivity contribution in [1.29, 1.82) is 0 Å². The molecule has 0 atom stereocenters. The Morgan fingerprint density at radius 2 is 1.88 bits per heavy atom. The van der Waals surface area contributed by atoms with Crippen molar-refractivity contribution in [3.63, 3.8) is 0 Å². The average molecular weight is 447 g/mol. The summed E-state index contributed by atoms with van der Waals surface area (Å²) in [6.07, 6.45) is 1.32. The molecule has 0 saturated carbocycles. The zero-order valence-corrected chi connectivity index (χ0v) is 16.7. The molecule has 3 rings (SSSR count). The maximum Gasteiger partial charge on any atom is 0.244 e. The van der Waals surface area contributed by atoms with Crippen LogP contribution in [0, 0.1) is 0 Å². The SMILES string of the molecule is CN1CCN(S(=O)(=O)c2ccc(Oc3ccc(Br)cc3Cl)nc2)CC1. The molecule has 0 aliphatic carbocycles. The Labute approximate surface area is 160 Å². The molecule has 1 aliphatic rings. The van der Waals surface area contributed by atoms with Crippen LogP contribution in [0.1, 0.15) is 0 Å². The summed E-state index contributed by atoms with van der Waals surface area (Å²) in [5, 5.41) is 0.435. The number of ether oxygens (including phenoxy) is 1. The Morgan fingerprint density at radius 3 is 2.48 bits per heavy atom. The molecule has 1 fully saturated rings. The molecule has 1 aromatic heterocycles. The minimum absolute atomic E-state index is 0.159. The number of sulfonamides is 1. The van der Waals surface area contributed by atoms with Gasteiger partial charge in [0.1, 0.15) is 10.6 Å². The molecule has 2 aromatic rings. The van der Waals surface area contributed by atoms with Crippen LogP contribution in [-0.4, -0.2) is 55.8 Å². The molecule has 0 spiro atoms. The van der Waals surface area contributed by atoms with Gasteiger partial charge in [-0.25, -0.2) is 13.4 Å². The summed E-state index contributed by atoms with van der Waals surface area (Å²) in [5.74, 6) is 0.730. The van der Waals surface area contributed by atoms with E-state index in [9.17, 15) is 8.42 Å². The van der Waals surface area contributed by atoms with Crippen LogP contribution in [0.3, 0.4) is 0 Å². The first-order chi connectivity index (χ1) is 11.9. The fraction of sp³-hybridized carbons (Fsp3) is 0.312. The smallest absolute Gasteiger partial charge is 0.244 e. The zero-order chi connectivity index (χ0) is 18.0. The van der Waals surface area contributed by atoms with Crippen molar-refractivity contribution >= 4 is 37.6 Å². The molecule has 0 N–H and O–H groups in total. The summed E-state index contributed by atoms with van der Waals surface area (Å²) in [6, 6.07) is 8.25. The summed E-state index contributed by atoms with van der Waals surface area (Å²) >= 11 is 9.43. The average Bonchev–Trinajstić information content (AvgIpc) is 2.58. The van der Waals surface area contributed by atoms with E-state index in [1.54, 1.807) is 18.2 Å². The van der Waals surface area contributed by atoms with Crippen LogP contribution in [0.25, 0.3) is 0 Å². The van der Waals surface area contributed by atoms with Gasteiger partial charge in [-0.15, -0.1) is 0 Å². The Balaban J connectivity index is 1.75. The highest BCUT2D eigenvalue weighted by molar-refractivity contribution is 9.10. The largest absolute Gasteiger partial charge is 0.437 e. The first-order valence-electron chi connectivity index (χ1n) is 7.64. The lowest BCUT2D eigenvalue weighted by Gasteiger charge is -2.31. The van der Waals surface area contributed by atoms with Gasteiger partial charge in [-0.1, -0.05) is 27.5 Å². The number of pyridine rings is 1. The maximum atomic E-state index is 12.7. The number of hydrogen-bond donors (Lipinski definition) is 0. The number of rotatable bonds is 4. The topological polar surface area (TPSA) is 62.7 Å². The molecule has 134 valence electrons. The van der Waals surface area contributed by atoms with E-state index >= 15 is 0 Å². The van der Waals surface area contributed by atoms with Gasteiger partial charge in [0.15, 0.2) is 0 Å². The van der Waals surface area contributed by atoms with Gasteiger partial charge in [-0.3, -0.25) is 0 Å². The van der Waals surface area contributed by atoms with Gasteiger partial charge in [0.2, 0.25) is 15.9 Å². The first kappa shape index (κ1) is 18.6. The molecule has 0 radical (unpaired) electrons. The highest BCUT2D eigenvalue weighted by Gasteiger charge is 2.27. The lowest BCUT2D eigenvalue weighted by molar-refractivity contribution is 0.222. The van der Waals surface area contributed by atoms with Crippen LogP contribution < -0.4 is 4.74 Å². The van der Waals surface area contributed by atoms with E-state index in [2.05, 4.69) is 25.8 Å². The predicted octanol–water partition coefficient (Wildman–Crippen LogP) is 3.23. The van der Waals surface area contributed by atoms with Gasteiger partial charge >= 0.3 is 0 Å². The third kappa shape index (κ3) is 4.32. The number of halogens is 2. The number of piperazine rings is 1. The lowest BCUT2D eigenvalue weighted by Crippen LogP contribution is -2.47. The van der Waals surface area contributed by atoms with Crippen LogP contribution in [-0.2, 0) is 10.0 Å². The fourth-order valence-electron chi connectivity index (χ4n) is 2.43. The summed E-state index contributed by atoms with van der Waals surface area (Å²) in [5.41, 5.74) is 0. The van der Waals surface area contributed by atoms with Crippen molar-refractivity contribution in [3.8, 4) is 11.6 Å². The second kappa shape index (κ2) is 7.59. The Morgan fingerprint density at radius 1 is 1.16 bits per heavy atom. The third-order valence-corrected chi connectivity index (χ3v) is 6.59. The van der Waals surface area contributed by atoms with Crippen molar-refractivity contribution in [2.75, 3.05) is 33.2 Å². The minimum Gasteiger partial charge on any atom is -0.437 e. The van der Waals surface area contributed by atoms with Crippen molar-refractivity contribution in [2.24, 2.45) is 0 Å². The first-order valence-corrected chi connectivity index (χ1v) is 10.2. The van der Waals surface area contributed by atoms with Gasteiger partial charge in [0, 0.05) is 36.7 Å². The molecule has 0 unspecified atom stereocenters. The quantitative estimate of drug-likeness (QED) is 0.721. The van der Waals surface area contributed by atoms with Crippen LogP contribution >= 0.6 is 27.5 Å². The van der Waals surface area contributed by atoms with Crippen LogP contribution in [0.5, 0.6) is 11.6 Å². The Bertz CT molecular complexity index is 853. The van der Waals surface area contributed by atoms with E-state index in [0.717, 1.165) is 17.6 Å². The van der Waals surface area contributed by atoms with Gasteiger partial charge in [0.05, 0.1) is 11.2 Å². The van der Waals surface area contributed by atoms with Crippen LogP contribution in [0.4, 0.5) is 0 Å². The zero-order valence-electron chi connectivity index (χ0n) is 13.5. The highest BCUT2D eigenvalue weighted by Crippen LogP contribution is 2.31. The highest BCUT2D eigenvalue weighted by atomic mass is 79.9. The van der Waals surface area contributed by atoms with E-state index in [-0.39, 0.29) is 10.8 Å². The number of nitrogens with zero attached hydrogens (tertiary/aromatic N) is 3. The van der Waals surface area contributed by atoms with Gasteiger partial charge in [0.25, 0.3) is 0 Å². The van der Waals surface area contributed by atoms with E-state index in [1.807, 2.05) is 7.05 Å². The molecule has 2 heterocycles. The lowest BCUT2D eigenvalue weighted by atomic mass is 10.3. The summed E-state index contributed by atoms with van der Waals surface area (Å²) in [4.78, 5) is 6.36. The van der Waals surface area contributed by atoms with Gasteiger partial charge < -0.3 is 9.64 Å². The Kier molecular flexibility index (Phi) is 5.65. The monoisotopic (exact) mass is 445 g/mol. The summed E-state index contributed by atoms with van der Waals surface area (Å²) < 4.78 is 33.2. The molecular weight excluding hydrogens is 430 g/mol. The Hall–Kier alpha value is -1.19. The normalized spacial score (nSPS) is 16.8. The molecule has 0 amide bonds. The minimum atomic E-state index is -3.53. The molecule has 1 saturated heterocycles. The second-order valence-electron chi connectivity index (χ2n) is 5.72. The molecule has 0 bridgehead atoms. The molecule has 9 heteroatoms. The predicted molar refractivity (Wildman–Crippen MR) is 99.7 cm³/mol. The molecule has 1 aromatic carbocycles. The molecular formula is C16H17BrClN3O3S. The number of hydrogen-bond acceptors (Lipinski definition) is 5. The van der Waals surface area contributed by atoms with Gasteiger partial charge in [-0.05, 0) is 31.3 Å². The number of benzene rings is 1. The molecule has 1 aliphatic heterocycles. The van der Waals surface area contributed by atoms with Crippen LogP contribution in [0.15, 0.2) is 45.9 Å². The second-order valence-corrected chi connectivity index (χ2v) is 8.98. The summed E-state index contributed by atoms with van der Waals surface area (Å²) in [7, 11) is -1.56. The summed E-state index contributed by atoms with van der Waals surface area (Å²) in [6.45, 7) is 2.39. The van der Waals surface area contributed by atoms with Crippen molar-refractivity contribution in [2.45, 2.75) is 4.90 Å². The van der Waals surface area contributed by atoms with Crippen molar-refractivity contribution < 1.29 is 13.2 Å². The van der Waals surface area contributed by atoms with Crippen LogP contribution in [0.2, 0.25) is 5.02 Å². The van der Waals surface area contributed by atoms with E-state index in [4.69, 9.17) is 16.3 Å². The van der Waals surface area contributed by atoms with E-state index in [0.29, 0.717) is 23.9 Å². The maximum absolute atomic E-state index is 12.7. The fourth-order valence-corrected chi connectivity index (χ4v) is 4.51. The molecule has 25 heavy (non-hydrogen) atoms.